The second kappa shape index (κ2) is 7.31. The minimum Gasteiger partial charge on any atom is -0.490 e. The predicted molar refractivity (Wildman–Crippen MR) is 83.8 cm³/mol. The van der Waals surface area contributed by atoms with E-state index in [4.69, 9.17) is 9.47 Å². The first-order valence-electron chi connectivity index (χ1n) is 7.04. The van der Waals surface area contributed by atoms with Gasteiger partial charge in [0, 0.05) is 18.0 Å². The van der Waals surface area contributed by atoms with Gasteiger partial charge in [-0.2, -0.15) is 0 Å². The van der Waals surface area contributed by atoms with Crippen LogP contribution in [0.25, 0.3) is 0 Å². The number of carbonyl (C=O) groups is 1. The Bertz CT molecular complexity index is 709. The maximum absolute atomic E-state index is 12.1. The number of aromatic amines is 1. The molecule has 1 amide bonds. The summed E-state index contributed by atoms with van der Waals surface area (Å²) in [7, 11) is 0. The van der Waals surface area contributed by atoms with E-state index in [9.17, 15) is 9.59 Å². The normalized spacial score (nSPS) is 10.1. The minimum atomic E-state index is -0.478. The lowest BCUT2D eigenvalue weighted by Crippen LogP contribution is -2.22. The van der Waals surface area contributed by atoms with Crippen LogP contribution in [-0.2, 0) is 0 Å². The Morgan fingerprint density at radius 1 is 1.14 bits per heavy atom. The molecule has 0 aliphatic rings. The van der Waals surface area contributed by atoms with Gasteiger partial charge in [-0.1, -0.05) is 0 Å². The van der Waals surface area contributed by atoms with E-state index in [0.717, 1.165) is 0 Å². The minimum absolute atomic E-state index is 0.0503. The Hall–Kier alpha value is -2.76. The molecule has 0 unspecified atom stereocenters. The van der Waals surface area contributed by atoms with Gasteiger partial charge in [0.25, 0.3) is 11.5 Å². The monoisotopic (exact) mass is 302 g/mol. The average Bonchev–Trinajstić information content (AvgIpc) is 2.50. The number of anilines is 1. The molecular formula is C16H18N2O4. The van der Waals surface area contributed by atoms with Crippen molar-refractivity contribution in [3.63, 3.8) is 0 Å². The summed E-state index contributed by atoms with van der Waals surface area (Å²) in [4.78, 5) is 26.2. The molecule has 6 heteroatoms. The van der Waals surface area contributed by atoms with E-state index >= 15 is 0 Å². The van der Waals surface area contributed by atoms with E-state index in [0.29, 0.717) is 30.4 Å². The van der Waals surface area contributed by atoms with Gasteiger partial charge < -0.3 is 19.8 Å². The average molecular weight is 302 g/mol. The van der Waals surface area contributed by atoms with E-state index in [1.165, 1.54) is 12.3 Å². The third-order valence-corrected chi connectivity index (χ3v) is 2.86. The number of aromatic nitrogens is 1. The van der Waals surface area contributed by atoms with Crippen molar-refractivity contribution in [2.45, 2.75) is 13.8 Å². The number of rotatable bonds is 6. The van der Waals surface area contributed by atoms with Crippen molar-refractivity contribution >= 4 is 11.6 Å². The van der Waals surface area contributed by atoms with Gasteiger partial charge in [-0.25, -0.2) is 0 Å². The quantitative estimate of drug-likeness (QED) is 0.858. The van der Waals surface area contributed by atoms with Gasteiger partial charge in [0.15, 0.2) is 11.5 Å². The van der Waals surface area contributed by atoms with Crippen molar-refractivity contribution in [3.05, 3.63) is 52.4 Å². The van der Waals surface area contributed by atoms with E-state index in [1.807, 2.05) is 13.8 Å². The maximum Gasteiger partial charge on any atom is 0.261 e. The largest absolute Gasteiger partial charge is 0.490 e. The first-order chi connectivity index (χ1) is 10.7. The Kier molecular flexibility index (Phi) is 5.19. The second-order valence-corrected chi connectivity index (χ2v) is 4.39. The van der Waals surface area contributed by atoms with Crippen LogP contribution >= 0.6 is 0 Å². The molecule has 2 rings (SSSR count). The summed E-state index contributed by atoms with van der Waals surface area (Å²) in [6.45, 7) is 4.75. The Labute approximate surface area is 128 Å². The van der Waals surface area contributed by atoms with Crippen molar-refractivity contribution in [3.8, 4) is 11.5 Å². The van der Waals surface area contributed by atoms with E-state index in [-0.39, 0.29) is 5.56 Å². The Morgan fingerprint density at radius 3 is 2.55 bits per heavy atom. The van der Waals surface area contributed by atoms with Crippen molar-refractivity contribution < 1.29 is 14.3 Å². The van der Waals surface area contributed by atoms with Crippen molar-refractivity contribution in [1.29, 1.82) is 0 Å². The zero-order valence-corrected chi connectivity index (χ0v) is 12.5. The van der Waals surface area contributed by atoms with Crippen LogP contribution in [0.5, 0.6) is 11.5 Å². The lowest BCUT2D eigenvalue weighted by molar-refractivity contribution is 0.102. The van der Waals surface area contributed by atoms with Gasteiger partial charge >= 0.3 is 0 Å². The van der Waals surface area contributed by atoms with Crippen molar-refractivity contribution in [2.24, 2.45) is 0 Å². The molecule has 116 valence electrons. The van der Waals surface area contributed by atoms with Crippen LogP contribution in [0.3, 0.4) is 0 Å². The molecule has 0 radical (unpaired) electrons. The molecule has 0 aliphatic heterocycles. The van der Waals surface area contributed by atoms with Crippen LogP contribution in [0.2, 0.25) is 0 Å². The molecule has 0 fully saturated rings. The smallest absolute Gasteiger partial charge is 0.261 e. The fraction of sp³-hybridized carbons (Fsp3) is 0.250. The van der Waals surface area contributed by atoms with Gasteiger partial charge in [-0.05, 0) is 38.1 Å². The molecule has 0 spiro atoms. The molecule has 0 aliphatic carbocycles. The van der Waals surface area contributed by atoms with Gasteiger partial charge in [-0.15, -0.1) is 0 Å². The van der Waals surface area contributed by atoms with Crippen LogP contribution < -0.4 is 20.3 Å². The first kappa shape index (κ1) is 15.6. The number of H-pyrrole nitrogens is 1. The summed E-state index contributed by atoms with van der Waals surface area (Å²) in [6.07, 6.45) is 1.48. The maximum atomic E-state index is 12.1. The fourth-order valence-electron chi connectivity index (χ4n) is 1.93. The third kappa shape index (κ3) is 3.66. The molecule has 0 saturated heterocycles. The molecule has 0 bridgehead atoms. The molecule has 1 aromatic carbocycles. The summed E-state index contributed by atoms with van der Waals surface area (Å²) >= 11 is 0. The topological polar surface area (TPSA) is 80.4 Å². The summed E-state index contributed by atoms with van der Waals surface area (Å²) in [5.74, 6) is 0.678. The molecule has 1 aromatic heterocycles. The van der Waals surface area contributed by atoms with Gasteiger partial charge in [0.05, 0.1) is 13.2 Å². The molecule has 1 heterocycles. The number of amides is 1. The van der Waals surface area contributed by atoms with Gasteiger partial charge in [0.2, 0.25) is 0 Å². The number of nitrogens with one attached hydrogen (secondary N) is 2. The van der Waals surface area contributed by atoms with E-state index in [2.05, 4.69) is 10.3 Å². The number of benzene rings is 1. The van der Waals surface area contributed by atoms with Crippen LogP contribution in [0.4, 0.5) is 5.69 Å². The molecule has 0 atom stereocenters. The molecule has 2 aromatic rings. The van der Waals surface area contributed by atoms with Crippen LogP contribution in [0, 0.1) is 0 Å². The third-order valence-electron chi connectivity index (χ3n) is 2.86. The highest BCUT2D eigenvalue weighted by atomic mass is 16.5. The highest BCUT2D eigenvalue weighted by Crippen LogP contribution is 2.30. The standard InChI is InChI=1S/C16H18N2O4/c1-3-21-13-8-7-11(10-14(13)22-4-2)18-16(20)12-6-5-9-17-15(12)19/h5-10H,3-4H2,1-2H3,(H,17,19)(H,18,20). The summed E-state index contributed by atoms with van der Waals surface area (Å²) in [5, 5.41) is 2.67. The number of hydrogen-bond donors (Lipinski definition) is 2. The van der Waals surface area contributed by atoms with E-state index in [1.54, 1.807) is 24.3 Å². The van der Waals surface area contributed by atoms with Crippen molar-refractivity contribution in [1.82, 2.24) is 4.98 Å². The Balaban J connectivity index is 2.22. The number of hydrogen-bond acceptors (Lipinski definition) is 4. The van der Waals surface area contributed by atoms with Crippen molar-refractivity contribution in [2.75, 3.05) is 18.5 Å². The Morgan fingerprint density at radius 2 is 1.86 bits per heavy atom. The number of ether oxygens (including phenoxy) is 2. The zero-order valence-electron chi connectivity index (χ0n) is 12.5. The van der Waals surface area contributed by atoms with Crippen LogP contribution in [0.15, 0.2) is 41.3 Å². The zero-order chi connectivity index (χ0) is 15.9. The summed E-state index contributed by atoms with van der Waals surface area (Å²) < 4.78 is 11.0. The molecule has 0 saturated carbocycles. The number of carbonyl (C=O) groups excluding carboxylic acids is 1. The SMILES string of the molecule is CCOc1ccc(NC(=O)c2ccc[nH]c2=O)cc1OCC. The second-order valence-electron chi connectivity index (χ2n) is 4.39. The van der Waals surface area contributed by atoms with Gasteiger partial charge in [0.1, 0.15) is 5.56 Å². The number of pyridine rings is 1. The molecule has 22 heavy (non-hydrogen) atoms. The lowest BCUT2D eigenvalue weighted by atomic mass is 10.2. The summed E-state index contributed by atoms with van der Waals surface area (Å²) in [5.41, 5.74) is 0.144. The highest BCUT2D eigenvalue weighted by Gasteiger charge is 2.12. The van der Waals surface area contributed by atoms with Crippen LogP contribution in [0.1, 0.15) is 24.2 Å². The van der Waals surface area contributed by atoms with E-state index < -0.39 is 11.5 Å². The highest BCUT2D eigenvalue weighted by molar-refractivity contribution is 6.04. The summed E-state index contributed by atoms with van der Waals surface area (Å²) in [6, 6.07) is 8.15. The molecular weight excluding hydrogens is 284 g/mol. The predicted octanol–water partition coefficient (Wildman–Crippen LogP) is 2.42. The van der Waals surface area contributed by atoms with Crippen LogP contribution in [-0.4, -0.2) is 24.1 Å². The first-order valence-corrected chi connectivity index (χ1v) is 7.04. The fourth-order valence-corrected chi connectivity index (χ4v) is 1.93. The lowest BCUT2D eigenvalue weighted by Gasteiger charge is -2.12. The van der Waals surface area contributed by atoms with Gasteiger partial charge in [-0.3, -0.25) is 9.59 Å². The molecule has 2 N–H and O–H groups in total. The molecule has 6 nitrogen and oxygen atoms in total.